The van der Waals surface area contributed by atoms with E-state index in [1.807, 2.05) is 39.8 Å². The largest absolute Gasteiger partial charge is 0.363 e. The Morgan fingerprint density at radius 1 is 1.32 bits per heavy atom. The van der Waals surface area contributed by atoms with Crippen molar-refractivity contribution in [3.05, 3.63) is 35.9 Å². The molecule has 0 aliphatic carbocycles. The zero-order valence-corrected chi connectivity index (χ0v) is 13.3. The topological polar surface area (TPSA) is 55.1 Å². The number of anilines is 1. The highest BCUT2D eigenvalue weighted by atomic mass is 19.1. The second-order valence-electron chi connectivity index (χ2n) is 6.66. The lowest BCUT2D eigenvalue weighted by Crippen LogP contribution is -2.25. The molecule has 1 aromatic carbocycles. The first-order chi connectivity index (χ1) is 10.3. The lowest BCUT2D eigenvalue weighted by atomic mass is 9.86. The molecule has 0 amide bonds. The third-order valence-corrected chi connectivity index (χ3v) is 3.74. The molecule has 3 rings (SSSR count). The Balaban J connectivity index is 1.86. The fourth-order valence-electron chi connectivity index (χ4n) is 2.64. The number of halogens is 1. The summed E-state index contributed by atoms with van der Waals surface area (Å²) in [5.74, 6) is 0.380. The molecule has 0 radical (unpaired) electrons. The number of fused-ring (bicyclic) bond motifs is 1. The minimum absolute atomic E-state index is 0.102. The van der Waals surface area contributed by atoms with Gasteiger partial charge in [-0.25, -0.2) is 14.1 Å². The Morgan fingerprint density at radius 3 is 2.77 bits per heavy atom. The van der Waals surface area contributed by atoms with Gasteiger partial charge in [0.25, 0.3) is 0 Å². The number of rotatable bonds is 2. The molecule has 1 atom stereocenters. The van der Waals surface area contributed by atoms with Gasteiger partial charge in [-0.2, -0.15) is 10.1 Å². The maximum atomic E-state index is 14.3. The van der Waals surface area contributed by atoms with Crippen LogP contribution in [0.15, 0.2) is 29.5 Å². The minimum Gasteiger partial charge on any atom is -0.363 e. The summed E-state index contributed by atoms with van der Waals surface area (Å²) in [5, 5.41) is 7.50. The molecular weight excluding hydrogens is 281 g/mol. The second-order valence-corrected chi connectivity index (χ2v) is 6.66. The zero-order valence-electron chi connectivity index (χ0n) is 13.3. The molecule has 0 spiro atoms. The van der Waals surface area contributed by atoms with Crippen molar-refractivity contribution in [1.82, 2.24) is 14.8 Å². The van der Waals surface area contributed by atoms with E-state index in [4.69, 9.17) is 0 Å². The van der Waals surface area contributed by atoms with E-state index in [2.05, 4.69) is 20.4 Å². The smallest absolute Gasteiger partial charge is 0.249 e. The van der Waals surface area contributed by atoms with Gasteiger partial charge in [-0.15, -0.1) is 0 Å². The maximum absolute atomic E-state index is 14.3. The van der Waals surface area contributed by atoms with Crippen molar-refractivity contribution in [1.29, 1.82) is 0 Å². The normalized spacial score (nSPS) is 17.9. The van der Waals surface area contributed by atoms with Crippen LogP contribution < -0.4 is 5.32 Å². The van der Waals surface area contributed by atoms with Crippen molar-refractivity contribution in [3.63, 3.8) is 0 Å². The molecule has 6 heteroatoms. The van der Waals surface area contributed by atoms with Crippen LogP contribution in [-0.2, 0) is 5.41 Å². The van der Waals surface area contributed by atoms with Crippen LogP contribution in [0.25, 0.3) is 0 Å². The van der Waals surface area contributed by atoms with E-state index >= 15 is 0 Å². The summed E-state index contributed by atoms with van der Waals surface area (Å²) in [4.78, 5) is 8.47. The van der Waals surface area contributed by atoms with Gasteiger partial charge in [-0.1, -0.05) is 26.8 Å². The molecule has 1 unspecified atom stereocenters. The van der Waals surface area contributed by atoms with Crippen molar-refractivity contribution in [3.8, 4) is 0 Å². The van der Waals surface area contributed by atoms with E-state index in [-0.39, 0.29) is 17.4 Å². The van der Waals surface area contributed by atoms with Gasteiger partial charge in [-0.05, 0) is 30.0 Å². The second kappa shape index (κ2) is 5.19. The number of aromatic nitrogens is 3. The van der Waals surface area contributed by atoms with E-state index in [1.165, 1.54) is 12.4 Å². The van der Waals surface area contributed by atoms with Crippen LogP contribution in [0.3, 0.4) is 0 Å². The van der Waals surface area contributed by atoms with Crippen molar-refractivity contribution < 1.29 is 4.39 Å². The number of nitrogens with zero attached hydrogens (tertiary/aromatic N) is 4. The summed E-state index contributed by atoms with van der Waals surface area (Å²) in [7, 11) is 0. The van der Waals surface area contributed by atoms with Gasteiger partial charge in [0.1, 0.15) is 18.3 Å². The van der Waals surface area contributed by atoms with Crippen molar-refractivity contribution in [2.45, 2.75) is 45.7 Å². The molecule has 1 N–H and O–H groups in total. The molecule has 1 aromatic heterocycles. The molecular formula is C16H20FN5. The average molecular weight is 301 g/mol. The highest BCUT2D eigenvalue weighted by molar-refractivity contribution is 5.85. The SMILES string of the molecule is CC1=Nc2ncnn2C(Nc2ccc(C(C)(C)C)c(F)c2)C1. The Kier molecular flexibility index (Phi) is 3.47. The van der Waals surface area contributed by atoms with Gasteiger partial charge >= 0.3 is 0 Å². The van der Waals surface area contributed by atoms with Crippen LogP contribution in [0.5, 0.6) is 0 Å². The van der Waals surface area contributed by atoms with Gasteiger partial charge in [0.05, 0.1) is 0 Å². The predicted molar refractivity (Wildman–Crippen MR) is 85.2 cm³/mol. The number of benzene rings is 1. The molecule has 5 nitrogen and oxygen atoms in total. The van der Waals surface area contributed by atoms with Crippen LogP contribution in [0.4, 0.5) is 16.0 Å². The number of nitrogens with one attached hydrogen (secondary N) is 1. The lowest BCUT2D eigenvalue weighted by molar-refractivity contribution is 0.507. The van der Waals surface area contributed by atoms with Gasteiger partial charge < -0.3 is 5.32 Å². The first-order valence-corrected chi connectivity index (χ1v) is 7.35. The van der Waals surface area contributed by atoms with Crippen LogP contribution in [0.1, 0.15) is 45.8 Å². The molecule has 0 bridgehead atoms. The van der Waals surface area contributed by atoms with E-state index in [1.54, 1.807) is 4.68 Å². The third kappa shape index (κ3) is 2.73. The molecule has 1 aliphatic heterocycles. The lowest BCUT2D eigenvalue weighted by Gasteiger charge is -2.25. The first kappa shape index (κ1) is 14.7. The Labute approximate surface area is 129 Å². The Bertz CT molecular complexity index is 726. The van der Waals surface area contributed by atoms with Crippen LogP contribution in [-0.4, -0.2) is 20.5 Å². The number of hydrogen-bond donors (Lipinski definition) is 1. The molecule has 2 heterocycles. The number of hydrogen-bond acceptors (Lipinski definition) is 4. The monoisotopic (exact) mass is 301 g/mol. The fourth-order valence-corrected chi connectivity index (χ4v) is 2.64. The summed E-state index contributed by atoms with van der Waals surface area (Å²) in [6.07, 6.45) is 2.09. The van der Waals surface area contributed by atoms with Gasteiger partial charge in [0, 0.05) is 17.8 Å². The molecule has 0 fully saturated rings. The van der Waals surface area contributed by atoms with Crippen LogP contribution in [0, 0.1) is 5.82 Å². The average Bonchev–Trinajstić information content (AvgIpc) is 2.85. The zero-order chi connectivity index (χ0) is 15.9. The molecule has 22 heavy (non-hydrogen) atoms. The molecule has 1 aliphatic rings. The van der Waals surface area contributed by atoms with Gasteiger partial charge in [0.15, 0.2) is 0 Å². The summed E-state index contributed by atoms with van der Waals surface area (Å²) in [6.45, 7) is 7.96. The summed E-state index contributed by atoms with van der Waals surface area (Å²) in [6, 6.07) is 5.28. The van der Waals surface area contributed by atoms with Crippen molar-refractivity contribution in [2.75, 3.05) is 5.32 Å². The number of aliphatic imine (C=N–C) groups is 1. The third-order valence-electron chi connectivity index (χ3n) is 3.74. The minimum atomic E-state index is -0.213. The maximum Gasteiger partial charge on any atom is 0.249 e. The van der Waals surface area contributed by atoms with Gasteiger partial charge in [0.2, 0.25) is 5.95 Å². The van der Waals surface area contributed by atoms with E-state index in [0.717, 1.165) is 11.4 Å². The molecule has 2 aromatic rings. The molecule has 116 valence electrons. The standard InChI is InChI=1S/C16H20FN5/c1-10-7-14(22-15(20-10)18-9-19-22)21-11-5-6-12(13(17)8-11)16(2,3)4/h5-6,8-9,14,21H,7H2,1-4H3. The highest BCUT2D eigenvalue weighted by Gasteiger charge is 2.23. The fraction of sp³-hybridized carbons (Fsp3) is 0.438. The molecule has 0 saturated heterocycles. The first-order valence-electron chi connectivity index (χ1n) is 7.35. The van der Waals surface area contributed by atoms with Crippen molar-refractivity contribution >= 4 is 17.3 Å². The van der Waals surface area contributed by atoms with E-state index < -0.39 is 0 Å². The Morgan fingerprint density at radius 2 is 2.09 bits per heavy atom. The van der Waals surface area contributed by atoms with Gasteiger partial charge in [-0.3, -0.25) is 0 Å². The predicted octanol–water partition coefficient (Wildman–Crippen LogP) is 3.82. The summed E-state index contributed by atoms with van der Waals surface area (Å²) < 4.78 is 16.0. The highest BCUT2D eigenvalue weighted by Crippen LogP contribution is 2.30. The summed E-state index contributed by atoms with van der Waals surface area (Å²) in [5.41, 5.74) is 2.20. The molecule has 0 saturated carbocycles. The van der Waals surface area contributed by atoms with E-state index in [0.29, 0.717) is 17.9 Å². The summed E-state index contributed by atoms with van der Waals surface area (Å²) >= 11 is 0. The van der Waals surface area contributed by atoms with Crippen LogP contribution in [0.2, 0.25) is 0 Å². The van der Waals surface area contributed by atoms with Crippen molar-refractivity contribution in [2.24, 2.45) is 4.99 Å². The Hall–Kier alpha value is -2.24. The van der Waals surface area contributed by atoms with Crippen LogP contribution >= 0.6 is 0 Å². The quantitative estimate of drug-likeness (QED) is 0.917. The van der Waals surface area contributed by atoms with E-state index in [9.17, 15) is 4.39 Å².